The number of imide groups is 1. The molecule has 1 N–H and O–H groups in total. The number of halogens is 1. The zero-order chi connectivity index (χ0) is 21.9. The molecule has 1 aliphatic rings. The van der Waals surface area contributed by atoms with E-state index in [2.05, 4.69) is 21.2 Å². The van der Waals surface area contributed by atoms with Crippen LogP contribution in [0.5, 0.6) is 11.5 Å². The predicted octanol–water partition coefficient (Wildman–Crippen LogP) is 3.41. The summed E-state index contributed by atoms with van der Waals surface area (Å²) in [5.41, 5.74) is 0.795. The standard InChI is InChI=1S/C22H26BrN3O4/c1-22(12-15-7-5-6-8-18(15)29-3)20(27)26(21(28)24-22)14-25(2)13-16-11-17(23)9-10-19(16)30-4/h5-11H,12-14H2,1-4H3,(H,24,28)/t22-/m0/s1. The Kier molecular flexibility index (Phi) is 6.67. The van der Waals surface area contributed by atoms with Gasteiger partial charge in [0, 0.05) is 23.0 Å². The van der Waals surface area contributed by atoms with Crippen LogP contribution in [0.15, 0.2) is 46.9 Å². The summed E-state index contributed by atoms with van der Waals surface area (Å²) in [7, 11) is 5.07. The van der Waals surface area contributed by atoms with Crippen molar-refractivity contribution in [3.8, 4) is 11.5 Å². The molecule has 1 heterocycles. The molecule has 3 rings (SSSR count). The Balaban J connectivity index is 1.72. The first-order chi connectivity index (χ1) is 14.3. The number of hydrogen-bond donors (Lipinski definition) is 1. The summed E-state index contributed by atoms with van der Waals surface area (Å²) in [4.78, 5) is 28.9. The van der Waals surface area contributed by atoms with E-state index >= 15 is 0 Å². The number of ether oxygens (including phenoxy) is 2. The van der Waals surface area contributed by atoms with E-state index < -0.39 is 11.6 Å². The molecule has 1 atom stereocenters. The molecule has 7 nitrogen and oxygen atoms in total. The van der Waals surface area contributed by atoms with Crippen LogP contribution in [0.3, 0.4) is 0 Å². The number of benzene rings is 2. The first-order valence-electron chi connectivity index (χ1n) is 9.54. The van der Waals surface area contributed by atoms with Gasteiger partial charge in [0.15, 0.2) is 0 Å². The van der Waals surface area contributed by atoms with Gasteiger partial charge in [-0.2, -0.15) is 0 Å². The molecular weight excluding hydrogens is 450 g/mol. The van der Waals surface area contributed by atoms with Gasteiger partial charge in [-0.05, 0) is 43.8 Å². The van der Waals surface area contributed by atoms with Crippen LogP contribution in [0.25, 0.3) is 0 Å². The van der Waals surface area contributed by atoms with Crippen LogP contribution in [0.1, 0.15) is 18.1 Å². The zero-order valence-corrected chi connectivity index (χ0v) is 19.2. The molecule has 0 bridgehead atoms. The largest absolute Gasteiger partial charge is 0.496 e. The van der Waals surface area contributed by atoms with Gasteiger partial charge in [0.05, 0.1) is 20.9 Å². The van der Waals surface area contributed by atoms with Crippen LogP contribution in [0, 0.1) is 0 Å². The molecule has 0 unspecified atom stereocenters. The Hall–Kier alpha value is -2.58. The number of hydrogen-bond acceptors (Lipinski definition) is 5. The predicted molar refractivity (Wildman–Crippen MR) is 118 cm³/mol. The van der Waals surface area contributed by atoms with Crippen molar-refractivity contribution < 1.29 is 19.1 Å². The van der Waals surface area contributed by atoms with Crippen molar-refractivity contribution in [3.63, 3.8) is 0 Å². The fourth-order valence-electron chi connectivity index (χ4n) is 3.68. The Morgan fingerprint density at radius 1 is 1.07 bits per heavy atom. The minimum absolute atomic E-state index is 0.169. The molecule has 2 aromatic rings. The second-order valence-electron chi connectivity index (χ2n) is 7.60. The number of carbonyl (C=O) groups is 2. The van der Waals surface area contributed by atoms with Crippen molar-refractivity contribution in [1.29, 1.82) is 0 Å². The van der Waals surface area contributed by atoms with Crippen LogP contribution >= 0.6 is 15.9 Å². The minimum Gasteiger partial charge on any atom is -0.496 e. The number of urea groups is 1. The molecule has 30 heavy (non-hydrogen) atoms. The molecule has 0 saturated carbocycles. The molecular formula is C22H26BrN3O4. The molecule has 0 radical (unpaired) electrons. The van der Waals surface area contributed by atoms with Gasteiger partial charge in [-0.1, -0.05) is 34.1 Å². The number of amides is 3. The molecule has 1 saturated heterocycles. The van der Waals surface area contributed by atoms with Gasteiger partial charge in [0.25, 0.3) is 5.91 Å². The normalized spacial score (nSPS) is 18.7. The summed E-state index contributed by atoms with van der Waals surface area (Å²) in [6, 6.07) is 12.9. The quantitative estimate of drug-likeness (QED) is 0.592. The SMILES string of the molecule is COc1ccc(Br)cc1CN(C)CN1C(=O)N[C@@](C)(Cc2ccccc2OC)C1=O. The van der Waals surface area contributed by atoms with Gasteiger partial charge < -0.3 is 14.8 Å². The van der Waals surface area contributed by atoms with E-state index in [1.807, 2.05) is 54.4 Å². The lowest BCUT2D eigenvalue weighted by Gasteiger charge is -2.25. The van der Waals surface area contributed by atoms with E-state index in [1.165, 1.54) is 4.90 Å². The molecule has 8 heteroatoms. The molecule has 1 aliphatic heterocycles. The van der Waals surface area contributed by atoms with Crippen molar-refractivity contribution in [1.82, 2.24) is 15.1 Å². The third-order valence-corrected chi connectivity index (χ3v) is 5.64. The lowest BCUT2D eigenvalue weighted by molar-refractivity contribution is -0.132. The van der Waals surface area contributed by atoms with E-state index in [0.29, 0.717) is 18.7 Å². The van der Waals surface area contributed by atoms with E-state index in [9.17, 15) is 9.59 Å². The molecule has 1 fully saturated rings. The average Bonchev–Trinajstić information content (AvgIpc) is 2.91. The summed E-state index contributed by atoms with van der Waals surface area (Å²) in [6.45, 7) is 2.43. The van der Waals surface area contributed by atoms with Crippen LogP contribution in [0.4, 0.5) is 4.79 Å². The first-order valence-corrected chi connectivity index (χ1v) is 10.3. The van der Waals surface area contributed by atoms with Crippen molar-refractivity contribution in [3.05, 3.63) is 58.1 Å². The molecule has 2 aromatic carbocycles. The van der Waals surface area contributed by atoms with Crippen molar-refractivity contribution >= 4 is 27.9 Å². The maximum atomic E-state index is 13.1. The summed E-state index contributed by atoms with van der Waals surface area (Å²) < 4.78 is 11.7. The van der Waals surface area contributed by atoms with E-state index in [0.717, 1.165) is 21.3 Å². The second kappa shape index (κ2) is 9.06. The van der Waals surface area contributed by atoms with Gasteiger partial charge >= 0.3 is 6.03 Å². The molecule has 0 aliphatic carbocycles. The fraction of sp³-hybridized carbons (Fsp3) is 0.364. The third kappa shape index (κ3) is 4.60. The van der Waals surface area contributed by atoms with Crippen LogP contribution < -0.4 is 14.8 Å². The number of rotatable bonds is 8. The number of nitrogens with zero attached hydrogens (tertiary/aromatic N) is 2. The van der Waals surface area contributed by atoms with Gasteiger partial charge in [-0.3, -0.25) is 9.69 Å². The molecule has 0 aromatic heterocycles. The number of para-hydroxylation sites is 1. The van der Waals surface area contributed by atoms with Crippen LogP contribution in [0.2, 0.25) is 0 Å². The van der Waals surface area contributed by atoms with Crippen LogP contribution in [-0.4, -0.2) is 55.2 Å². The maximum absolute atomic E-state index is 13.1. The van der Waals surface area contributed by atoms with E-state index in [1.54, 1.807) is 21.1 Å². The maximum Gasteiger partial charge on any atom is 0.326 e. The van der Waals surface area contributed by atoms with Crippen LogP contribution in [-0.2, 0) is 17.8 Å². The Bertz CT molecular complexity index is 952. The monoisotopic (exact) mass is 475 g/mol. The van der Waals surface area contributed by atoms with Crippen molar-refractivity contribution in [2.24, 2.45) is 0 Å². The minimum atomic E-state index is -1.03. The Morgan fingerprint density at radius 3 is 2.43 bits per heavy atom. The molecule has 160 valence electrons. The fourth-order valence-corrected chi connectivity index (χ4v) is 4.09. The first kappa shape index (κ1) is 22.1. The lowest BCUT2D eigenvalue weighted by atomic mass is 9.92. The lowest BCUT2D eigenvalue weighted by Crippen LogP contribution is -2.46. The molecule has 0 spiro atoms. The molecule has 3 amide bonds. The van der Waals surface area contributed by atoms with E-state index in [-0.39, 0.29) is 12.6 Å². The summed E-state index contributed by atoms with van der Waals surface area (Å²) in [5, 5.41) is 2.85. The Morgan fingerprint density at radius 2 is 1.73 bits per heavy atom. The number of carbonyl (C=O) groups excluding carboxylic acids is 2. The third-order valence-electron chi connectivity index (χ3n) is 5.15. The summed E-state index contributed by atoms with van der Waals surface area (Å²) >= 11 is 3.47. The highest BCUT2D eigenvalue weighted by molar-refractivity contribution is 9.10. The highest BCUT2D eigenvalue weighted by atomic mass is 79.9. The topological polar surface area (TPSA) is 71.1 Å². The highest BCUT2D eigenvalue weighted by Gasteiger charge is 2.48. The van der Waals surface area contributed by atoms with Gasteiger partial charge in [0.1, 0.15) is 17.0 Å². The average molecular weight is 476 g/mol. The van der Waals surface area contributed by atoms with Crippen molar-refractivity contribution in [2.75, 3.05) is 27.9 Å². The second-order valence-corrected chi connectivity index (χ2v) is 8.51. The smallest absolute Gasteiger partial charge is 0.326 e. The van der Waals surface area contributed by atoms with Gasteiger partial charge in [-0.25, -0.2) is 9.69 Å². The zero-order valence-electron chi connectivity index (χ0n) is 17.6. The summed E-state index contributed by atoms with van der Waals surface area (Å²) in [5.74, 6) is 1.19. The highest BCUT2D eigenvalue weighted by Crippen LogP contribution is 2.28. The summed E-state index contributed by atoms with van der Waals surface area (Å²) in [6.07, 6.45) is 0.348. The number of nitrogens with one attached hydrogen (secondary N) is 1. The van der Waals surface area contributed by atoms with Gasteiger partial charge in [0.2, 0.25) is 0 Å². The van der Waals surface area contributed by atoms with Crippen molar-refractivity contribution in [2.45, 2.75) is 25.4 Å². The van der Waals surface area contributed by atoms with E-state index in [4.69, 9.17) is 9.47 Å². The Labute approximate surface area is 185 Å². The number of methoxy groups -OCH3 is 2. The van der Waals surface area contributed by atoms with Gasteiger partial charge in [-0.15, -0.1) is 0 Å².